The largest absolute Gasteiger partial charge is 0.486 e. The Morgan fingerprint density at radius 3 is 2.51 bits per heavy atom. The van der Waals surface area contributed by atoms with Crippen LogP contribution in [-0.4, -0.2) is 44.8 Å². The van der Waals surface area contributed by atoms with E-state index in [-0.39, 0.29) is 36.2 Å². The molecule has 2 heterocycles. The molecule has 12 heteroatoms. The first-order valence-electron chi connectivity index (χ1n) is 10.8. The Labute approximate surface area is 216 Å². The van der Waals surface area contributed by atoms with Crippen molar-refractivity contribution in [2.45, 2.75) is 46.0 Å². The molecule has 186 valence electrons. The number of amides is 1. The molecule has 1 amide bonds. The van der Waals surface area contributed by atoms with Crippen LogP contribution in [0.1, 0.15) is 52.2 Å². The van der Waals surface area contributed by atoms with Gasteiger partial charge in [0.15, 0.2) is 16.8 Å². The molecule has 0 spiro atoms. The maximum absolute atomic E-state index is 12.7. The van der Waals surface area contributed by atoms with E-state index in [2.05, 4.69) is 15.5 Å². The lowest BCUT2D eigenvalue weighted by Gasteiger charge is -2.09. The Bertz CT molecular complexity index is 1220. The van der Waals surface area contributed by atoms with Crippen molar-refractivity contribution in [3.8, 4) is 5.75 Å². The maximum atomic E-state index is 12.7. The number of thiophene rings is 1. The molecule has 0 aliphatic rings. The summed E-state index contributed by atoms with van der Waals surface area (Å²) in [5.41, 5.74) is 0.707. The standard InChI is InChI=1S/C23H25ClN4O5S2/c1-5-28-17(11-33-16-9-7-15(24)8-10-16)26-27-23(28)34-12-18(30)25-21-19(22(31)32-6-2)13(3)20(35-21)14(4)29/h7-10H,5-6,11-12H2,1-4H3,(H,25,30). The van der Waals surface area contributed by atoms with Crippen LogP contribution in [0.25, 0.3) is 0 Å². The molecule has 3 aromatic rings. The number of aromatic nitrogens is 3. The average Bonchev–Trinajstić information content (AvgIpc) is 3.37. The van der Waals surface area contributed by atoms with Gasteiger partial charge in [0, 0.05) is 11.6 Å². The van der Waals surface area contributed by atoms with Crippen LogP contribution < -0.4 is 10.1 Å². The van der Waals surface area contributed by atoms with Crippen LogP contribution in [0.15, 0.2) is 29.4 Å². The van der Waals surface area contributed by atoms with E-state index < -0.39 is 5.97 Å². The highest BCUT2D eigenvalue weighted by molar-refractivity contribution is 7.99. The van der Waals surface area contributed by atoms with Crippen LogP contribution in [0.4, 0.5) is 5.00 Å². The number of nitrogens with zero attached hydrogens (tertiary/aromatic N) is 3. The van der Waals surface area contributed by atoms with Gasteiger partial charge in [0.05, 0.1) is 22.8 Å². The molecule has 0 aliphatic heterocycles. The Kier molecular flexibility index (Phi) is 9.30. The number of carbonyl (C=O) groups is 3. The number of Topliss-reactive ketones (excluding diaryl/α,β-unsaturated/α-hetero) is 1. The number of ketones is 1. The number of nitrogens with one attached hydrogen (secondary N) is 1. The van der Waals surface area contributed by atoms with E-state index in [1.54, 1.807) is 38.1 Å². The quantitative estimate of drug-likeness (QED) is 0.207. The van der Waals surface area contributed by atoms with Gasteiger partial charge in [-0.1, -0.05) is 23.4 Å². The van der Waals surface area contributed by atoms with Gasteiger partial charge in [-0.3, -0.25) is 9.59 Å². The number of thioether (sulfide) groups is 1. The molecule has 0 unspecified atom stereocenters. The fourth-order valence-corrected chi connectivity index (χ4v) is 5.26. The third kappa shape index (κ3) is 6.62. The molecule has 0 saturated heterocycles. The fourth-order valence-electron chi connectivity index (χ4n) is 3.21. The summed E-state index contributed by atoms with van der Waals surface area (Å²) in [4.78, 5) is 37.5. The number of carbonyl (C=O) groups excluding carboxylic acids is 3. The average molecular weight is 537 g/mol. The third-order valence-corrected chi connectivity index (χ3v) is 7.35. The molecule has 35 heavy (non-hydrogen) atoms. The van der Waals surface area contributed by atoms with Crippen molar-refractivity contribution in [1.29, 1.82) is 0 Å². The van der Waals surface area contributed by atoms with Crippen molar-refractivity contribution in [2.75, 3.05) is 17.7 Å². The molecule has 0 atom stereocenters. The van der Waals surface area contributed by atoms with Crippen molar-refractivity contribution in [2.24, 2.45) is 0 Å². The van der Waals surface area contributed by atoms with E-state index in [1.807, 2.05) is 11.5 Å². The Hall–Kier alpha value is -2.89. The molecule has 0 bridgehead atoms. The zero-order valence-electron chi connectivity index (χ0n) is 19.7. The van der Waals surface area contributed by atoms with E-state index in [4.69, 9.17) is 21.1 Å². The first-order valence-corrected chi connectivity index (χ1v) is 13.0. The van der Waals surface area contributed by atoms with Gasteiger partial charge in [0.2, 0.25) is 5.91 Å². The summed E-state index contributed by atoms with van der Waals surface area (Å²) in [6, 6.07) is 7.01. The second kappa shape index (κ2) is 12.2. The van der Waals surface area contributed by atoms with Crippen LogP contribution in [0.5, 0.6) is 5.75 Å². The fraction of sp³-hybridized carbons (Fsp3) is 0.348. The molecular formula is C23H25ClN4O5S2. The highest BCUT2D eigenvalue weighted by Gasteiger charge is 2.25. The van der Waals surface area contributed by atoms with Crippen LogP contribution in [0.2, 0.25) is 5.02 Å². The van der Waals surface area contributed by atoms with Crippen molar-refractivity contribution in [3.63, 3.8) is 0 Å². The van der Waals surface area contributed by atoms with Gasteiger partial charge >= 0.3 is 5.97 Å². The topological polar surface area (TPSA) is 112 Å². The number of rotatable bonds is 11. The summed E-state index contributed by atoms with van der Waals surface area (Å²) < 4.78 is 12.7. The summed E-state index contributed by atoms with van der Waals surface area (Å²) in [7, 11) is 0. The van der Waals surface area contributed by atoms with Gasteiger partial charge in [0.25, 0.3) is 0 Å². The van der Waals surface area contributed by atoms with E-state index in [0.717, 1.165) is 11.3 Å². The van der Waals surface area contributed by atoms with Crippen LogP contribution in [-0.2, 0) is 22.7 Å². The smallest absolute Gasteiger partial charge is 0.341 e. The van der Waals surface area contributed by atoms with E-state index >= 15 is 0 Å². The Balaban J connectivity index is 1.67. The highest BCUT2D eigenvalue weighted by atomic mass is 35.5. The number of esters is 1. The van der Waals surface area contributed by atoms with Crippen LogP contribution in [0.3, 0.4) is 0 Å². The molecule has 0 fully saturated rings. The number of hydrogen-bond donors (Lipinski definition) is 1. The monoisotopic (exact) mass is 536 g/mol. The van der Waals surface area contributed by atoms with Crippen molar-refractivity contribution in [3.05, 3.63) is 51.1 Å². The lowest BCUT2D eigenvalue weighted by atomic mass is 10.1. The summed E-state index contributed by atoms with van der Waals surface area (Å²) >= 11 is 8.17. The predicted octanol–water partition coefficient (Wildman–Crippen LogP) is 5.01. The molecule has 1 aromatic carbocycles. The molecule has 0 aliphatic carbocycles. The number of anilines is 1. The number of hydrogen-bond acceptors (Lipinski definition) is 9. The van der Waals surface area contributed by atoms with Crippen LogP contribution in [0, 0.1) is 6.92 Å². The second-order valence-corrected chi connectivity index (χ2v) is 9.66. The van der Waals surface area contributed by atoms with Gasteiger partial charge in [-0.15, -0.1) is 21.5 Å². The first-order chi connectivity index (χ1) is 16.7. The van der Waals surface area contributed by atoms with Gasteiger partial charge in [0.1, 0.15) is 17.4 Å². The summed E-state index contributed by atoms with van der Waals surface area (Å²) in [5, 5.41) is 12.6. The van der Waals surface area contributed by atoms with Gasteiger partial charge in [-0.2, -0.15) is 0 Å². The summed E-state index contributed by atoms with van der Waals surface area (Å²) in [6.07, 6.45) is 0. The van der Waals surface area contributed by atoms with Crippen molar-refractivity contribution >= 4 is 57.4 Å². The third-order valence-electron chi connectivity index (χ3n) is 4.82. The lowest BCUT2D eigenvalue weighted by Crippen LogP contribution is -2.17. The Morgan fingerprint density at radius 2 is 1.89 bits per heavy atom. The normalized spacial score (nSPS) is 10.8. The van der Waals surface area contributed by atoms with Crippen molar-refractivity contribution in [1.82, 2.24) is 14.8 Å². The van der Waals surface area contributed by atoms with E-state index in [9.17, 15) is 14.4 Å². The van der Waals surface area contributed by atoms with Crippen LogP contribution >= 0.6 is 34.7 Å². The second-order valence-electron chi connectivity index (χ2n) is 7.26. The minimum Gasteiger partial charge on any atom is -0.486 e. The first kappa shape index (κ1) is 26.7. The molecule has 3 rings (SSSR count). The number of halogens is 1. The van der Waals surface area contributed by atoms with Gasteiger partial charge < -0.3 is 19.4 Å². The minimum atomic E-state index is -0.576. The zero-order valence-corrected chi connectivity index (χ0v) is 22.1. The summed E-state index contributed by atoms with van der Waals surface area (Å²) in [6.45, 7) is 7.71. The minimum absolute atomic E-state index is 0.0325. The lowest BCUT2D eigenvalue weighted by molar-refractivity contribution is -0.113. The SMILES string of the molecule is CCOC(=O)c1c(NC(=O)CSc2nnc(COc3ccc(Cl)cc3)n2CC)sc(C(C)=O)c1C. The Morgan fingerprint density at radius 1 is 1.17 bits per heavy atom. The number of ether oxygens (including phenoxy) is 2. The zero-order chi connectivity index (χ0) is 25.5. The van der Waals surface area contributed by atoms with E-state index in [0.29, 0.717) is 43.7 Å². The van der Waals surface area contributed by atoms with Crippen molar-refractivity contribution < 1.29 is 23.9 Å². The molecule has 0 saturated carbocycles. The molecule has 1 N–H and O–H groups in total. The van der Waals surface area contributed by atoms with E-state index in [1.165, 1.54) is 18.7 Å². The van der Waals surface area contributed by atoms with Gasteiger partial charge in [-0.25, -0.2) is 4.79 Å². The maximum Gasteiger partial charge on any atom is 0.341 e. The number of benzene rings is 1. The molecule has 9 nitrogen and oxygen atoms in total. The molecule has 0 radical (unpaired) electrons. The van der Waals surface area contributed by atoms with Gasteiger partial charge in [-0.05, 0) is 57.5 Å². The predicted molar refractivity (Wildman–Crippen MR) is 136 cm³/mol. The summed E-state index contributed by atoms with van der Waals surface area (Å²) in [5.74, 6) is 0.203. The molecule has 2 aromatic heterocycles. The highest BCUT2D eigenvalue weighted by Crippen LogP contribution is 2.34. The molecular weight excluding hydrogens is 512 g/mol.